The molecule has 0 bridgehead atoms. The molecule has 58 heavy (non-hydrogen) atoms. The van der Waals surface area contributed by atoms with Gasteiger partial charge in [0.05, 0.1) is 8.07 Å². The van der Waals surface area contributed by atoms with Gasteiger partial charge in [-0.1, -0.05) is 134 Å². The highest BCUT2D eigenvalue weighted by molar-refractivity contribution is 6.88. The fourth-order valence-electron chi connectivity index (χ4n) is 7.16. The number of hydrogen-bond acceptors (Lipinski definition) is 7. The monoisotopic (exact) mass is 767 g/mol. The number of nitrogens with zero attached hydrogens (tertiary/aromatic N) is 5. The highest BCUT2D eigenvalue weighted by Gasteiger charge is 2.18. The largest absolute Gasteiger partial charge is 0.436 e. The normalized spacial score (nSPS) is 11.7. The highest BCUT2D eigenvalue weighted by Crippen LogP contribution is 2.33. The van der Waals surface area contributed by atoms with Crippen LogP contribution in [0.5, 0.6) is 0 Å². The summed E-state index contributed by atoms with van der Waals surface area (Å²) in [5, 5.41) is 1.45. The van der Waals surface area contributed by atoms with Gasteiger partial charge in [-0.15, -0.1) is 0 Å². The summed E-state index contributed by atoms with van der Waals surface area (Å²) in [6.07, 6.45) is 0. The zero-order chi connectivity index (χ0) is 39.2. The molecule has 0 unspecified atom stereocenters. The van der Waals surface area contributed by atoms with E-state index in [9.17, 15) is 0 Å². The zero-order valence-corrected chi connectivity index (χ0v) is 33.2. The minimum atomic E-state index is -1.39. The summed E-state index contributed by atoms with van der Waals surface area (Å²) < 4.78 is 12.1. The molecule has 0 N–H and O–H groups in total. The van der Waals surface area contributed by atoms with Crippen molar-refractivity contribution in [2.24, 2.45) is 0 Å². The molecule has 0 amide bonds. The van der Waals surface area contributed by atoms with Gasteiger partial charge in [-0.25, -0.2) is 24.9 Å². The van der Waals surface area contributed by atoms with E-state index in [4.69, 9.17) is 23.8 Å². The standard InChI is InChI=1S/C50H37N5O2Si/c1-58(2,3)41-28-26-32(27-29-41)37-10-8-11-38(30-37)39-12-9-13-40(31-39)48-54-46(33-18-22-35(23-19-33)49-51-42-14-4-6-16-44(42)56-49)53-47(55-48)34-20-24-36(25-21-34)50-52-43-15-5-7-17-45(43)57-50/h4-31H,1-3H3. The predicted octanol–water partition coefficient (Wildman–Crippen LogP) is 12.4. The van der Waals surface area contributed by atoms with Crippen LogP contribution in [0.3, 0.4) is 0 Å². The quantitative estimate of drug-likeness (QED) is 0.142. The number of oxazole rings is 2. The number of para-hydroxylation sites is 4. The van der Waals surface area contributed by atoms with Crippen LogP contribution in [0.4, 0.5) is 0 Å². The Morgan fingerprint density at radius 1 is 0.328 bits per heavy atom. The summed E-state index contributed by atoms with van der Waals surface area (Å²) in [6.45, 7) is 7.13. The maximum Gasteiger partial charge on any atom is 0.227 e. The third kappa shape index (κ3) is 6.90. The van der Waals surface area contributed by atoms with Crippen molar-refractivity contribution >= 4 is 35.5 Å². The van der Waals surface area contributed by atoms with Crippen LogP contribution in [0.1, 0.15) is 0 Å². The smallest absolute Gasteiger partial charge is 0.227 e. The van der Waals surface area contributed by atoms with Gasteiger partial charge in [0.1, 0.15) is 11.0 Å². The molecule has 0 saturated carbocycles. The molecule has 7 aromatic carbocycles. The Bertz CT molecular complexity index is 2890. The first-order valence-corrected chi connectivity index (χ1v) is 22.8. The Balaban J connectivity index is 1.02. The summed E-state index contributed by atoms with van der Waals surface area (Å²) in [6, 6.07) is 57.7. The first kappa shape index (κ1) is 35.1. The number of fused-ring (bicyclic) bond motifs is 2. The van der Waals surface area contributed by atoms with Gasteiger partial charge in [0.25, 0.3) is 0 Å². The molecule has 0 aliphatic carbocycles. The van der Waals surface area contributed by atoms with Crippen LogP contribution < -0.4 is 5.19 Å². The van der Waals surface area contributed by atoms with Crippen LogP contribution in [-0.4, -0.2) is 33.0 Å². The molecule has 3 aromatic heterocycles. The van der Waals surface area contributed by atoms with Gasteiger partial charge in [-0.05, 0) is 82.9 Å². The number of aromatic nitrogens is 5. The van der Waals surface area contributed by atoms with Gasteiger partial charge in [-0.3, -0.25) is 0 Å². The third-order valence-corrected chi connectivity index (χ3v) is 12.5. The van der Waals surface area contributed by atoms with Crippen LogP contribution in [0.15, 0.2) is 179 Å². The Morgan fingerprint density at radius 3 is 1.17 bits per heavy atom. The van der Waals surface area contributed by atoms with E-state index in [0.29, 0.717) is 29.3 Å². The first-order chi connectivity index (χ1) is 28.3. The summed E-state index contributed by atoms with van der Waals surface area (Å²) in [5.41, 5.74) is 12.0. The molecule has 278 valence electrons. The molecule has 0 aliphatic rings. The Kier molecular flexibility index (Phi) is 8.68. The molecule has 0 atom stereocenters. The van der Waals surface area contributed by atoms with Crippen molar-refractivity contribution in [3.8, 4) is 79.3 Å². The van der Waals surface area contributed by atoms with Gasteiger partial charge in [0, 0.05) is 27.8 Å². The van der Waals surface area contributed by atoms with Crippen molar-refractivity contribution in [1.82, 2.24) is 24.9 Å². The predicted molar refractivity (Wildman–Crippen MR) is 236 cm³/mol. The van der Waals surface area contributed by atoms with Crippen molar-refractivity contribution < 1.29 is 8.83 Å². The Labute approximate surface area is 336 Å². The third-order valence-electron chi connectivity index (χ3n) is 10.4. The summed E-state index contributed by atoms with van der Waals surface area (Å²) in [5.74, 6) is 2.81. The van der Waals surface area contributed by atoms with Crippen LogP contribution in [-0.2, 0) is 0 Å². The average molecular weight is 768 g/mol. The maximum atomic E-state index is 6.05. The van der Waals surface area contributed by atoms with Crippen molar-refractivity contribution in [3.63, 3.8) is 0 Å². The van der Waals surface area contributed by atoms with E-state index >= 15 is 0 Å². The minimum Gasteiger partial charge on any atom is -0.436 e. The zero-order valence-electron chi connectivity index (χ0n) is 32.2. The van der Waals surface area contributed by atoms with E-state index in [1.807, 2.05) is 97.1 Å². The molecular weight excluding hydrogens is 731 g/mol. The molecule has 0 spiro atoms. The molecule has 10 rings (SSSR count). The number of benzene rings is 7. The van der Waals surface area contributed by atoms with E-state index in [-0.39, 0.29) is 0 Å². The fraction of sp³-hybridized carbons (Fsp3) is 0.0600. The van der Waals surface area contributed by atoms with E-state index in [2.05, 4.69) is 102 Å². The summed E-state index contributed by atoms with van der Waals surface area (Å²) in [4.78, 5) is 24.5. The summed E-state index contributed by atoms with van der Waals surface area (Å²) >= 11 is 0. The second-order valence-electron chi connectivity index (χ2n) is 15.4. The molecule has 8 heteroatoms. The van der Waals surface area contributed by atoms with Crippen LogP contribution in [0, 0.1) is 0 Å². The van der Waals surface area contributed by atoms with Crippen molar-refractivity contribution in [2.45, 2.75) is 19.6 Å². The molecular formula is C50H37N5O2Si. The lowest BCUT2D eigenvalue weighted by molar-refractivity contribution is 0.619. The SMILES string of the molecule is C[Si](C)(C)c1ccc(-c2cccc(-c3cccc(-c4nc(-c5ccc(-c6nc7ccccc7o6)cc5)nc(-c5ccc(-c6nc7ccccc7o6)cc5)n4)c3)c2)cc1. The molecule has 0 saturated heterocycles. The van der Waals surface area contributed by atoms with E-state index in [1.54, 1.807) is 0 Å². The first-order valence-electron chi connectivity index (χ1n) is 19.3. The molecule has 7 nitrogen and oxygen atoms in total. The second-order valence-corrected chi connectivity index (χ2v) is 20.5. The average Bonchev–Trinajstić information content (AvgIpc) is 3.92. The van der Waals surface area contributed by atoms with Crippen molar-refractivity contribution in [2.75, 3.05) is 0 Å². The van der Waals surface area contributed by atoms with Crippen molar-refractivity contribution in [1.29, 1.82) is 0 Å². The van der Waals surface area contributed by atoms with Gasteiger partial charge in [0.15, 0.2) is 28.6 Å². The molecule has 0 fully saturated rings. The molecule has 0 aliphatic heterocycles. The molecule has 0 radical (unpaired) electrons. The van der Waals surface area contributed by atoms with Gasteiger partial charge in [0.2, 0.25) is 11.8 Å². The van der Waals surface area contributed by atoms with E-state index < -0.39 is 8.07 Å². The number of hydrogen-bond donors (Lipinski definition) is 0. The number of rotatable bonds is 8. The van der Waals surface area contributed by atoms with Crippen LogP contribution >= 0.6 is 0 Å². The maximum absolute atomic E-state index is 6.05. The lowest BCUT2D eigenvalue weighted by atomic mass is 9.98. The molecule has 3 heterocycles. The second kappa shape index (κ2) is 14.3. The fourth-order valence-corrected chi connectivity index (χ4v) is 8.32. The van der Waals surface area contributed by atoms with E-state index in [1.165, 1.54) is 16.3 Å². The van der Waals surface area contributed by atoms with Crippen LogP contribution in [0.2, 0.25) is 19.6 Å². The minimum absolute atomic E-state index is 0.557. The van der Waals surface area contributed by atoms with Crippen LogP contribution in [0.25, 0.3) is 102 Å². The van der Waals surface area contributed by atoms with Gasteiger partial charge < -0.3 is 8.83 Å². The van der Waals surface area contributed by atoms with Crippen molar-refractivity contribution in [3.05, 3.63) is 170 Å². The topological polar surface area (TPSA) is 90.7 Å². The Hall–Kier alpha value is -7.29. The lowest BCUT2D eigenvalue weighted by Gasteiger charge is -2.17. The molecule has 10 aromatic rings. The lowest BCUT2D eigenvalue weighted by Crippen LogP contribution is -2.37. The Morgan fingerprint density at radius 2 is 0.707 bits per heavy atom. The van der Waals surface area contributed by atoms with Gasteiger partial charge in [-0.2, -0.15) is 0 Å². The highest BCUT2D eigenvalue weighted by atomic mass is 28.3. The summed E-state index contributed by atoms with van der Waals surface area (Å²) in [7, 11) is -1.39. The van der Waals surface area contributed by atoms with E-state index in [0.717, 1.165) is 61.1 Å². The van der Waals surface area contributed by atoms with Gasteiger partial charge >= 0.3 is 0 Å².